The van der Waals surface area contributed by atoms with Gasteiger partial charge < -0.3 is 10.6 Å². The Hall–Kier alpha value is -3.51. The highest BCUT2D eigenvalue weighted by atomic mass is 19.3. The Morgan fingerprint density at radius 2 is 2.06 bits per heavy atom. The van der Waals surface area contributed by atoms with Crippen LogP contribution in [-0.2, 0) is 0 Å². The molecule has 0 aliphatic carbocycles. The molecule has 2 aliphatic heterocycles. The average Bonchev–Trinajstić information content (AvgIpc) is 3.47. The SMILES string of the molecule is O=C(Nc1cc2cn(C3CCN(CC4(F)CNC4)CC3)nc2cc1C(F)F)c1cnn2cccnc12. The minimum Gasteiger partial charge on any atom is -0.321 e. The molecule has 3 aromatic heterocycles. The summed E-state index contributed by atoms with van der Waals surface area (Å²) in [4.78, 5) is 19.2. The number of benzene rings is 1. The Kier molecular flexibility index (Phi) is 5.64. The Labute approximate surface area is 204 Å². The number of fused-ring (bicyclic) bond motifs is 2. The number of aromatic nitrogens is 5. The maximum Gasteiger partial charge on any atom is 0.265 e. The molecule has 6 rings (SSSR count). The van der Waals surface area contributed by atoms with Gasteiger partial charge in [0.15, 0.2) is 5.65 Å². The van der Waals surface area contributed by atoms with Crippen LogP contribution >= 0.6 is 0 Å². The first-order chi connectivity index (χ1) is 17.4. The van der Waals surface area contributed by atoms with E-state index in [0.717, 1.165) is 25.9 Å². The number of nitrogens with zero attached hydrogens (tertiary/aromatic N) is 6. The number of carbonyl (C=O) groups is 1. The highest BCUT2D eigenvalue weighted by Crippen LogP contribution is 2.33. The molecular weight excluding hydrogens is 473 g/mol. The lowest BCUT2D eigenvalue weighted by Gasteiger charge is -2.41. The third kappa shape index (κ3) is 4.20. The van der Waals surface area contributed by atoms with Gasteiger partial charge in [0, 0.05) is 62.3 Å². The molecule has 0 atom stereocenters. The van der Waals surface area contributed by atoms with Crippen LogP contribution in [-0.4, -0.2) is 73.6 Å². The number of anilines is 1. The second kappa shape index (κ2) is 8.86. The summed E-state index contributed by atoms with van der Waals surface area (Å²) in [5.74, 6) is -0.572. The minimum atomic E-state index is -2.80. The zero-order valence-corrected chi connectivity index (χ0v) is 19.4. The van der Waals surface area contributed by atoms with Crippen molar-refractivity contribution in [2.45, 2.75) is 31.0 Å². The number of likely N-dealkylation sites (tertiary alicyclic amines) is 1. The van der Waals surface area contributed by atoms with Crippen molar-refractivity contribution in [2.24, 2.45) is 0 Å². The van der Waals surface area contributed by atoms with Crippen LogP contribution in [0.25, 0.3) is 16.6 Å². The van der Waals surface area contributed by atoms with Gasteiger partial charge in [-0.15, -0.1) is 0 Å². The van der Waals surface area contributed by atoms with Gasteiger partial charge in [-0.2, -0.15) is 10.2 Å². The fraction of sp³-hybridized carbons (Fsp3) is 0.417. The molecule has 2 saturated heterocycles. The summed E-state index contributed by atoms with van der Waals surface area (Å²) in [5.41, 5.74) is -0.463. The normalized spacial score (nSPS) is 18.7. The van der Waals surface area contributed by atoms with Crippen molar-refractivity contribution in [3.05, 3.63) is 54.1 Å². The number of nitrogens with one attached hydrogen (secondary N) is 2. The van der Waals surface area contributed by atoms with E-state index in [-0.39, 0.29) is 22.9 Å². The van der Waals surface area contributed by atoms with Crippen LogP contribution in [0.4, 0.5) is 18.9 Å². The highest BCUT2D eigenvalue weighted by molar-refractivity contribution is 6.09. The molecule has 5 heterocycles. The quantitative estimate of drug-likeness (QED) is 0.424. The molecule has 188 valence electrons. The number of hydrogen-bond donors (Lipinski definition) is 2. The summed E-state index contributed by atoms with van der Waals surface area (Å²) in [6, 6.07) is 4.63. The zero-order chi connectivity index (χ0) is 24.9. The van der Waals surface area contributed by atoms with Gasteiger partial charge in [-0.1, -0.05) is 0 Å². The maximum absolute atomic E-state index is 14.4. The van der Waals surface area contributed by atoms with Crippen molar-refractivity contribution in [3.63, 3.8) is 0 Å². The average molecular weight is 499 g/mol. The van der Waals surface area contributed by atoms with E-state index in [2.05, 4.69) is 30.7 Å². The molecular formula is C24H25F3N8O. The maximum atomic E-state index is 14.4. The van der Waals surface area contributed by atoms with Crippen molar-refractivity contribution < 1.29 is 18.0 Å². The number of rotatable bonds is 6. The molecule has 0 bridgehead atoms. The molecule has 36 heavy (non-hydrogen) atoms. The molecule has 9 nitrogen and oxygen atoms in total. The van der Waals surface area contributed by atoms with E-state index >= 15 is 0 Å². The molecule has 2 fully saturated rings. The van der Waals surface area contributed by atoms with Crippen molar-refractivity contribution in [1.82, 2.24) is 34.6 Å². The molecule has 2 N–H and O–H groups in total. The summed E-state index contributed by atoms with van der Waals surface area (Å²) in [5, 5.41) is 14.9. The predicted molar refractivity (Wildman–Crippen MR) is 127 cm³/mol. The molecule has 12 heteroatoms. The topological polar surface area (TPSA) is 92.4 Å². The van der Waals surface area contributed by atoms with Gasteiger partial charge in [0.05, 0.1) is 23.4 Å². The molecule has 4 aromatic rings. The highest BCUT2D eigenvalue weighted by Gasteiger charge is 2.39. The second-order valence-corrected chi connectivity index (χ2v) is 9.57. The van der Waals surface area contributed by atoms with Crippen molar-refractivity contribution in [3.8, 4) is 0 Å². The summed E-state index contributed by atoms with van der Waals surface area (Å²) < 4.78 is 45.5. The van der Waals surface area contributed by atoms with Gasteiger partial charge >= 0.3 is 0 Å². The number of amides is 1. The van der Waals surface area contributed by atoms with E-state index in [4.69, 9.17) is 0 Å². The van der Waals surface area contributed by atoms with Crippen LogP contribution in [0.2, 0.25) is 0 Å². The van der Waals surface area contributed by atoms with E-state index in [9.17, 15) is 18.0 Å². The van der Waals surface area contributed by atoms with Gasteiger partial charge in [-0.3, -0.25) is 14.4 Å². The van der Waals surface area contributed by atoms with Crippen molar-refractivity contribution in [1.29, 1.82) is 0 Å². The predicted octanol–water partition coefficient (Wildman–Crippen LogP) is 3.22. The van der Waals surface area contributed by atoms with Crippen LogP contribution in [0.1, 0.15) is 41.2 Å². The van der Waals surface area contributed by atoms with Crippen LogP contribution in [0.3, 0.4) is 0 Å². The second-order valence-electron chi connectivity index (χ2n) is 9.57. The first-order valence-corrected chi connectivity index (χ1v) is 11.9. The van der Waals surface area contributed by atoms with Crippen molar-refractivity contribution >= 4 is 28.1 Å². The van der Waals surface area contributed by atoms with E-state index in [1.54, 1.807) is 12.3 Å². The number of carbonyl (C=O) groups excluding carboxylic acids is 1. The lowest BCUT2D eigenvalue weighted by atomic mass is 9.96. The summed E-state index contributed by atoms with van der Waals surface area (Å²) >= 11 is 0. The van der Waals surface area contributed by atoms with Crippen LogP contribution in [0, 0.1) is 0 Å². The van der Waals surface area contributed by atoms with Crippen LogP contribution in [0.5, 0.6) is 0 Å². The Balaban J connectivity index is 1.22. The zero-order valence-electron chi connectivity index (χ0n) is 19.4. The largest absolute Gasteiger partial charge is 0.321 e. The third-order valence-electron chi connectivity index (χ3n) is 7.02. The fourth-order valence-electron chi connectivity index (χ4n) is 5.01. The first kappa shape index (κ1) is 22.9. The standard InChI is InChI=1S/C24H25F3N8O/c25-21(26)17-9-19-15(8-20(17)31-23(36)18-10-30-34-5-1-4-29-22(18)34)11-35(32-19)16-2-6-33(7-3-16)14-24(27)12-28-13-24/h1,4-5,8-11,16,21,28H,2-3,6-7,12-14H2,(H,31,36). The Morgan fingerprint density at radius 3 is 2.78 bits per heavy atom. The molecule has 0 radical (unpaired) electrons. The van der Waals surface area contributed by atoms with Gasteiger partial charge in [0.25, 0.3) is 12.3 Å². The van der Waals surface area contributed by atoms with Gasteiger partial charge in [-0.25, -0.2) is 22.7 Å². The third-order valence-corrected chi connectivity index (χ3v) is 7.02. The van der Waals surface area contributed by atoms with Gasteiger partial charge in [-0.05, 0) is 31.0 Å². The monoisotopic (exact) mass is 498 g/mol. The molecule has 1 aromatic carbocycles. The molecule has 0 unspecified atom stereocenters. The molecule has 2 aliphatic rings. The minimum absolute atomic E-state index is 0.0227. The van der Waals surface area contributed by atoms with Crippen LogP contribution in [0.15, 0.2) is 43.0 Å². The number of halogens is 3. The lowest BCUT2D eigenvalue weighted by molar-refractivity contribution is 0.0298. The van der Waals surface area contributed by atoms with E-state index in [1.165, 1.54) is 29.0 Å². The van der Waals surface area contributed by atoms with Gasteiger partial charge in [0.2, 0.25) is 0 Å². The number of hydrogen-bond acceptors (Lipinski definition) is 6. The summed E-state index contributed by atoms with van der Waals surface area (Å²) in [6.07, 6.45) is 5.15. The van der Waals surface area contributed by atoms with E-state index in [0.29, 0.717) is 36.2 Å². The van der Waals surface area contributed by atoms with Crippen molar-refractivity contribution in [2.75, 3.05) is 38.0 Å². The summed E-state index contributed by atoms with van der Waals surface area (Å²) in [7, 11) is 0. The number of piperidine rings is 1. The molecule has 0 saturated carbocycles. The fourth-order valence-corrected chi connectivity index (χ4v) is 5.01. The van der Waals surface area contributed by atoms with E-state index in [1.807, 2.05) is 10.9 Å². The van der Waals surface area contributed by atoms with E-state index < -0.39 is 18.0 Å². The smallest absolute Gasteiger partial charge is 0.265 e. The molecule has 0 spiro atoms. The molecule has 1 amide bonds. The Morgan fingerprint density at radius 1 is 1.25 bits per heavy atom. The number of alkyl halides is 3. The lowest BCUT2D eigenvalue weighted by Crippen LogP contribution is -2.62. The summed E-state index contributed by atoms with van der Waals surface area (Å²) in [6.45, 7) is 2.73. The first-order valence-electron chi connectivity index (χ1n) is 11.9. The van der Waals surface area contributed by atoms with Gasteiger partial charge in [0.1, 0.15) is 11.2 Å². The Bertz CT molecular complexity index is 1420. The van der Waals surface area contributed by atoms with Crippen LogP contribution < -0.4 is 10.6 Å².